The second kappa shape index (κ2) is 7.60. The third kappa shape index (κ3) is 12.3. The summed E-state index contributed by atoms with van der Waals surface area (Å²) in [6.45, 7) is 5.42. The van der Waals surface area contributed by atoms with Gasteiger partial charge in [-0.1, -0.05) is 6.08 Å². The van der Waals surface area contributed by atoms with Crippen molar-refractivity contribution in [3.8, 4) is 0 Å². The van der Waals surface area contributed by atoms with E-state index in [-0.39, 0.29) is 5.97 Å². The summed E-state index contributed by atoms with van der Waals surface area (Å²) < 4.78 is 5.07. The quantitative estimate of drug-likeness (QED) is 0.236. The molecule has 0 heterocycles. The first-order valence-electron chi connectivity index (χ1n) is 5.51. The van der Waals surface area contributed by atoms with E-state index in [0.29, 0.717) is 12.8 Å². The van der Waals surface area contributed by atoms with Gasteiger partial charge in [-0.3, -0.25) is 10.1 Å². The maximum absolute atomic E-state index is 11.2. The zero-order valence-corrected chi connectivity index (χ0v) is 10.5. The van der Waals surface area contributed by atoms with Crippen molar-refractivity contribution in [3.63, 3.8) is 0 Å². The Morgan fingerprint density at radius 2 is 1.88 bits per heavy atom. The van der Waals surface area contributed by atoms with E-state index in [1.807, 2.05) is 0 Å². The van der Waals surface area contributed by atoms with Crippen molar-refractivity contribution in [2.75, 3.05) is 0 Å². The van der Waals surface area contributed by atoms with Crippen LogP contribution in [0.5, 0.6) is 0 Å². The summed E-state index contributed by atoms with van der Waals surface area (Å²) in [6, 6.07) is 0. The van der Waals surface area contributed by atoms with Crippen molar-refractivity contribution in [1.82, 2.24) is 0 Å². The van der Waals surface area contributed by atoms with Crippen LogP contribution < -0.4 is 0 Å². The molecule has 0 saturated carbocycles. The molecule has 0 rings (SSSR count). The molecule has 0 aromatic rings. The van der Waals surface area contributed by atoms with E-state index in [2.05, 4.69) is 0 Å². The van der Waals surface area contributed by atoms with Crippen LogP contribution in [0.1, 0.15) is 40.0 Å². The van der Waals surface area contributed by atoms with Gasteiger partial charge in [0.2, 0.25) is 6.20 Å². The van der Waals surface area contributed by atoms with Gasteiger partial charge in [-0.15, -0.1) is 0 Å². The smallest absolute Gasteiger partial charge is 0.330 e. The second-order valence-corrected chi connectivity index (χ2v) is 4.54. The SMILES string of the molecule is CC(C)(C)OC(=O)/C=C/CCC/C=C/[N+](=O)[O-]. The molecule has 0 N–H and O–H groups in total. The van der Waals surface area contributed by atoms with Crippen LogP contribution >= 0.6 is 0 Å². The van der Waals surface area contributed by atoms with Gasteiger partial charge in [-0.2, -0.15) is 0 Å². The van der Waals surface area contributed by atoms with E-state index in [0.717, 1.165) is 12.6 Å². The number of nitrogens with zero attached hydrogens (tertiary/aromatic N) is 1. The Labute approximate surface area is 101 Å². The molecule has 5 nitrogen and oxygen atoms in total. The first-order valence-corrected chi connectivity index (χ1v) is 5.51. The van der Waals surface area contributed by atoms with Gasteiger partial charge >= 0.3 is 5.97 Å². The summed E-state index contributed by atoms with van der Waals surface area (Å²) in [5, 5.41) is 9.95. The Kier molecular flexibility index (Phi) is 6.86. The van der Waals surface area contributed by atoms with Crippen molar-refractivity contribution in [2.24, 2.45) is 0 Å². The van der Waals surface area contributed by atoms with Crippen LogP contribution in [0, 0.1) is 10.1 Å². The van der Waals surface area contributed by atoms with E-state index >= 15 is 0 Å². The average molecular weight is 241 g/mol. The number of nitro groups is 1. The van der Waals surface area contributed by atoms with Crippen LogP contribution in [0.3, 0.4) is 0 Å². The first-order chi connectivity index (χ1) is 7.81. The zero-order valence-electron chi connectivity index (χ0n) is 10.5. The molecule has 0 aliphatic rings. The van der Waals surface area contributed by atoms with Gasteiger partial charge in [0.15, 0.2) is 0 Å². The summed E-state index contributed by atoms with van der Waals surface area (Å²) >= 11 is 0. The van der Waals surface area contributed by atoms with E-state index in [1.165, 1.54) is 12.2 Å². The van der Waals surface area contributed by atoms with Gasteiger partial charge in [-0.25, -0.2) is 4.79 Å². The molecule has 0 unspecified atom stereocenters. The number of allylic oxidation sites excluding steroid dienone is 2. The molecule has 0 aromatic carbocycles. The molecule has 0 spiro atoms. The van der Waals surface area contributed by atoms with Gasteiger partial charge in [0, 0.05) is 6.08 Å². The Bertz CT molecular complexity index is 313. The molecule has 0 saturated heterocycles. The first kappa shape index (κ1) is 15.3. The van der Waals surface area contributed by atoms with Gasteiger partial charge in [0.05, 0.1) is 4.92 Å². The van der Waals surface area contributed by atoms with E-state index in [4.69, 9.17) is 4.74 Å². The van der Waals surface area contributed by atoms with Crippen LogP contribution in [0.2, 0.25) is 0 Å². The van der Waals surface area contributed by atoms with Crippen molar-refractivity contribution < 1.29 is 14.5 Å². The number of esters is 1. The van der Waals surface area contributed by atoms with Crippen molar-refractivity contribution in [3.05, 3.63) is 34.5 Å². The summed E-state index contributed by atoms with van der Waals surface area (Å²) in [5.74, 6) is -0.363. The minimum Gasteiger partial charge on any atom is -0.457 e. The highest BCUT2D eigenvalue weighted by Crippen LogP contribution is 2.07. The lowest BCUT2D eigenvalue weighted by Gasteiger charge is -2.17. The topological polar surface area (TPSA) is 69.4 Å². The molecule has 0 fully saturated rings. The highest BCUT2D eigenvalue weighted by atomic mass is 16.6. The molecule has 0 radical (unpaired) electrons. The summed E-state index contributed by atoms with van der Waals surface area (Å²) in [6.07, 6.45) is 7.63. The van der Waals surface area contributed by atoms with Crippen molar-refractivity contribution in [2.45, 2.75) is 45.6 Å². The number of hydrogen-bond acceptors (Lipinski definition) is 4. The van der Waals surface area contributed by atoms with Gasteiger partial charge in [0.25, 0.3) is 0 Å². The van der Waals surface area contributed by atoms with Crippen LogP contribution in [0.4, 0.5) is 0 Å². The third-order valence-electron chi connectivity index (χ3n) is 1.63. The van der Waals surface area contributed by atoms with E-state index in [1.54, 1.807) is 26.8 Å². The summed E-state index contributed by atoms with van der Waals surface area (Å²) in [5.41, 5.74) is -0.476. The van der Waals surface area contributed by atoms with E-state index in [9.17, 15) is 14.9 Å². The highest BCUT2D eigenvalue weighted by molar-refractivity contribution is 5.82. The fraction of sp³-hybridized carbons (Fsp3) is 0.583. The molecule has 5 heteroatoms. The molecule has 0 aliphatic carbocycles. The molecule has 0 amide bonds. The standard InChI is InChI=1S/C12H19NO4/c1-12(2,3)17-11(14)9-7-5-4-6-8-10-13(15)16/h7-10H,4-6H2,1-3H3/b9-7+,10-8+. The minimum atomic E-state index is -0.490. The number of carbonyl (C=O) groups is 1. The van der Waals surface area contributed by atoms with Crippen molar-refractivity contribution in [1.29, 1.82) is 0 Å². The minimum absolute atomic E-state index is 0.363. The number of carbonyl (C=O) groups excluding carboxylic acids is 1. The lowest BCUT2D eigenvalue weighted by Crippen LogP contribution is -2.22. The number of unbranched alkanes of at least 4 members (excludes halogenated alkanes) is 2. The van der Waals surface area contributed by atoms with Gasteiger partial charge in [0.1, 0.15) is 5.60 Å². The van der Waals surface area contributed by atoms with Gasteiger partial charge < -0.3 is 4.74 Å². The molecular formula is C12H19NO4. The summed E-state index contributed by atoms with van der Waals surface area (Å²) in [4.78, 5) is 20.7. The normalized spacial score (nSPS) is 12.2. The predicted octanol–water partition coefficient (Wildman–Crippen LogP) is 2.85. The largest absolute Gasteiger partial charge is 0.457 e. The zero-order chi connectivity index (χ0) is 13.3. The fourth-order valence-corrected chi connectivity index (χ4v) is 1.03. The molecule has 96 valence electrons. The molecule has 0 aliphatic heterocycles. The number of rotatable bonds is 6. The van der Waals surface area contributed by atoms with Crippen LogP contribution in [-0.4, -0.2) is 16.5 Å². The van der Waals surface area contributed by atoms with Crippen LogP contribution in [0.15, 0.2) is 24.4 Å². The highest BCUT2D eigenvalue weighted by Gasteiger charge is 2.13. The molecule has 0 bridgehead atoms. The molecular weight excluding hydrogens is 222 g/mol. The molecule has 0 aromatic heterocycles. The Hall–Kier alpha value is -1.65. The average Bonchev–Trinajstić information content (AvgIpc) is 2.12. The summed E-state index contributed by atoms with van der Waals surface area (Å²) in [7, 11) is 0. The Morgan fingerprint density at radius 3 is 2.41 bits per heavy atom. The predicted molar refractivity (Wildman–Crippen MR) is 65.0 cm³/mol. The molecule has 0 atom stereocenters. The molecule has 17 heavy (non-hydrogen) atoms. The lowest BCUT2D eigenvalue weighted by atomic mass is 10.2. The second-order valence-electron chi connectivity index (χ2n) is 4.54. The van der Waals surface area contributed by atoms with Crippen LogP contribution in [0.25, 0.3) is 0 Å². The maximum Gasteiger partial charge on any atom is 0.330 e. The Balaban J connectivity index is 3.68. The van der Waals surface area contributed by atoms with Gasteiger partial charge in [-0.05, 0) is 46.1 Å². The monoisotopic (exact) mass is 241 g/mol. The number of ether oxygens (including phenoxy) is 1. The van der Waals surface area contributed by atoms with Crippen LogP contribution in [-0.2, 0) is 9.53 Å². The Morgan fingerprint density at radius 1 is 1.29 bits per heavy atom. The van der Waals surface area contributed by atoms with E-state index < -0.39 is 10.5 Å². The van der Waals surface area contributed by atoms with Crippen molar-refractivity contribution >= 4 is 5.97 Å². The lowest BCUT2D eigenvalue weighted by molar-refractivity contribution is -0.402. The third-order valence-corrected chi connectivity index (χ3v) is 1.63. The maximum atomic E-state index is 11.2. The fourth-order valence-electron chi connectivity index (χ4n) is 1.03. The number of hydrogen-bond donors (Lipinski definition) is 0.